The number of hydroxylamine groups is 1. The Bertz CT molecular complexity index is 1030. The molecule has 1 saturated heterocycles. The van der Waals surface area contributed by atoms with Gasteiger partial charge in [-0.1, -0.05) is 24.3 Å². The zero-order valence-electron chi connectivity index (χ0n) is 17.0. The van der Waals surface area contributed by atoms with Crippen LogP contribution in [0.2, 0.25) is 0 Å². The van der Waals surface area contributed by atoms with Gasteiger partial charge in [0.05, 0.1) is 17.0 Å². The predicted molar refractivity (Wildman–Crippen MR) is 112 cm³/mol. The number of pyridine rings is 1. The molecule has 0 bridgehead atoms. The van der Waals surface area contributed by atoms with Crippen LogP contribution in [0.4, 0.5) is 13.2 Å². The molecule has 9 heteroatoms. The first-order valence-electron chi connectivity index (χ1n) is 10.00. The Balaban J connectivity index is 1.70. The maximum Gasteiger partial charge on any atom is 0.416 e. The number of amides is 2. The van der Waals surface area contributed by atoms with Crippen molar-refractivity contribution in [2.45, 2.75) is 24.9 Å². The van der Waals surface area contributed by atoms with E-state index in [2.05, 4.69) is 4.98 Å². The van der Waals surface area contributed by atoms with Crippen LogP contribution in [-0.4, -0.2) is 40.0 Å². The molecule has 3 rings (SSSR count). The van der Waals surface area contributed by atoms with Gasteiger partial charge in [-0.2, -0.15) is 13.2 Å². The topological polar surface area (TPSA) is 82.5 Å². The highest BCUT2D eigenvalue weighted by atomic mass is 19.4. The maximum absolute atomic E-state index is 13.4. The number of halogens is 3. The summed E-state index contributed by atoms with van der Waals surface area (Å²) in [7, 11) is 0. The number of carbonyl (C=O) groups excluding carboxylic acids is 2. The van der Waals surface area contributed by atoms with E-state index in [9.17, 15) is 22.8 Å². The lowest BCUT2D eigenvalue weighted by molar-refractivity contribution is -0.138. The van der Waals surface area contributed by atoms with Crippen LogP contribution in [0, 0.1) is 0 Å². The van der Waals surface area contributed by atoms with Gasteiger partial charge in [0.25, 0.3) is 5.91 Å². The number of alkyl halides is 3. The van der Waals surface area contributed by atoms with E-state index in [1.165, 1.54) is 35.8 Å². The number of benzene rings is 1. The average Bonchev–Trinajstić information content (AvgIpc) is 2.80. The molecule has 6 nitrogen and oxygen atoms in total. The summed E-state index contributed by atoms with van der Waals surface area (Å²) < 4.78 is 40.1. The summed E-state index contributed by atoms with van der Waals surface area (Å²) in [6.07, 6.45) is 2.12. The van der Waals surface area contributed by atoms with Crippen molar-refractivity contribution in [3.05, 3.63) is 77.1 Å². The highest BCUT2D eigenvalue weighted by molar-refractivity contribution is 5.92. The summed E-state index contributed by atoms with van der Waals surface area (Å²) >= 11 is 0. The van der Waals surface area contributed by atoms with Gasteiger partial charge in [-0.15, -0.1) is 0 Å². The van der Waals surface area contributed by atoms with E-state index in [1.807, 2.05) is 0 Å². The number of aromatic nitrogens is 1. The first kappa shape index (κ1) is 23.2. The summed E-state index contributed by atoms with van der Waals surface area (Å²) in [6, 6.07) is 10.5. The molecule has 0 radical (unpaired) electrons. The van der Waals surface area contributed by atoms with E-state index in [0.29, 0.717) is 30.8 Å². The van der Waals surface area contributed by atoms with Crippen LogP contribution in [0.15, 0.2) is 54.6 Å². The molecule has 1 unspecified atom stereocenters. The number of nitrogens with one attached hydrogen (secondary N) is 1. The van der Waals surface area contributed by atoms with Crippen molar-refractivity contribution in [2.75, 3.05) is 13.1 Å². The fraction of sp³-hybridized carbons (Fsp3) is 0.261. The summed E-state index contributed by atoms with van der Waals surface area (Å²) in [4.78, 5) is 29.5. The van der Waals surface area contributed by atoms with Gasteiger partial charge in [0.15, 0.2) is 0 Å². The molecule has 1 aliphatic rings. The monoisotopic (exact) mass is 445 g/mol. The molecular formula is C23H22F3N3O3. The Morgan fingerprint density at radius 2 is 1.75 bits per heavy atom. The molecule has 2 N–H and O–H groups in total. The molecule has 168 valence electrons. The van der Waals surface area contributed by atoms with Crippen LogP contribution >= 0.6 is 0 Å². The molecule has 2 amide bonds. The fourth-order valence-corrected chi connectivity index (χ4v) is 3.66. The first-order chi connectivity index (χ1) is 15.3. The minimum atomic E-state index is -4.44. The van der Waals surface area contributed by atoms with Crippen LogP contribution in [0.3, 0.4) is 0 Å². The number of hydrogen-bond acceptors (Lipinski definition) is 4. The molecule has 0 aliphatic carbocycles. The average molecular weight is 445 g/mol. The van der Waals surface area contributed by atoms with Crippen LogP contribution in [-0.2, 0) is 15.8 Å². The minimum Gasteiger partial charge on any atom is -0.339 e. The Labute approximate surface area is 183 Å². The maximum atomic E-state index is 13.4. The number of carbonyl (C=O) groups is 2. The second kappa shape index (κ2) is 10.2. The fourth-order valence-electron chi connectivity index (χ4n) is 3.66. The molecule has 1 atom stereocenters. The van der Waals surface area contributed by atoms with Gasteiger partial charge in [-0.05, 0) is 48.8 Å². The smallest absolute Gasteiger partial charge is 0.339 e. The lowest BCUT2D eigenvalue weighted by Gasteiger charge is -2.33. The van der Waals surface area contributed by atoms with Crippen molar-refractivity contribution in [1.82, 2.24) is 15.4 Å². The molecular weight excluding hydrogens is 423 g/mol. The molecule has 1 aromatic carbocycles. The lowest BCUT2D eigenvalue weighted by Crippen LogP contribution is -2.38. The Morgan fingerprint density at radius 3 is 2.44 bits per heavy atom. The first-order valence-corrected chi connectivity index (χ1v) is 10.00. The summed E-state index contributed by atoms with van der Waals surface area (Å²) in [5, 5.41) is 8.50. The Morgan fingerprint density at radius 1 is 1.06 bits per heavy atom. The van der Waals surface area contributed by atoms with Crippen molar-refractivity contribution < 1.29 is 28.0 Å². The number of rotatable bonds is 5. The van der Waals surface area contributed by atoms with Crippen molar-refractivity contribution in [1.29, 1.82) is 0 Å². The molecule has 0 spiro atoms. The lowest BCUT2D eigenvalue weighted by atomic mass is 9.87. The van der Waals surface area contributed by atoms with Gasteiger partial charge in [0.2, 0.25) is 5.91 Å². The van der Waals surface area contributed by atoms with Crippen LogP contribution in [0.1, 0.15) is 41.3 Å². The zero-order valence-corrected chi connectivity index (χ0v) is 17.0. The molecule has 1 fully saturated rings. The SMILES string of the molecule is O=C(/C=C/c1cccc(/C=C/C(=O)N2CCCC(c3ccccc3C(F)(F)F)C2)n1)NO. The number of likely N-dealkylation sites (tertiary alicyclic amines) is 1. The standard InChI is InChI=1S/C23H22F3N3O3/c24-23(25,26)20-9-2-1-8-19(20)16-5-4-14-29(15-16)22(31)13-11-18-7-3-6-17(27-18)10-12-21(30)28-32/h1-3,6-13,16,32H,4-5,14-15H2,(H,28,30)/b12-10+,13-11+. The minimum absolute atomic E-state index is 0.211. The van der Waals surface area contributed by atoms with Gasteiger partial charge in [-0.3, -0.25) is 14.8 Å². The van der Waals surface area contributed by atoms with Gasteiger partial charge >= 0.3 is 6.18 Å². The van der Waals surface area contributed by atoms with E-state index in [-0.39, 0.29) is 23.9 Å². The summed E-state index contributed by atoms with van der Waals surface area (Å²) in [5.41, 5.74) is 1.96. The molecule has 2 heterocycles. The van der Waals surface area contributed by atoms with Crippen LogP contribution < -0.4 is 5.48 Å². The highest BCUT2D eigenvalue weighted by Gasteiger charge is 2.36. The highest BCUT2D eigenvalue weighted by Crippen LogP contribution is 2.38. The van der Waals surface area contributed by atoms with Crippen LogP contribution in [0.25, 0.3) is 12.2 Å². The third-order valence-electron chi connectivity index (χ3n) is 5.14. The number of piperidine rings is 1. The van der Waals surface area contributed by atoms with Crippen molar-refractivity contribution in [2.24, 2.45) is 0 Å². The van der Waals surface area contributed by atoms with Gasteiger partial charge in [0, 0.05) is 31.2 Å². The van der Waals surface area contributed by atoms with E-state index >= 15 is 0 Å². The molecule has 1 aliphatic heterocycles. The molecule has 32 heavy (non-hydrogen) atoms. The van der Waals surface area contributed by atoms with Crippen molar-refractivity contribution in [3.8, 4) is 0 Å². The van der Waals surface area contributed by atoms with Gasteiger partial charge in [-0.25, -0.2) is 10.5 Å². The largest absolute Gasteiger partial charge is 0.416 e. The van der Waals surface area contributed by atoms with Gasteiger partial charge < -0.3 is 4.90 Å². The molecule has 0 saturated carbocycles. The molecule has 1 aromatic heterocycles. The Hall–Kier alpha value is -3.46. The third kappa shape index (κ3) is 6.04. The van der Waals surface area contributed by atoms with Gasteiger partial charge in [0.1, 0.15) is 0 Å². The summed E-state index contributed by atoms with van der Waals surface area (Å²) in [5.74, 6) is -1.39. The molecule has 2 aromatic rings. The van der Waals surface area contributed by atoms with Crippen molar-refractivity contribution >= 4 is 24.0 Å². The quantitative estimate of drug-likeness (QED) is 0.414. The normalized spacial score (nSPS) is 17.1. The number of nitrogens with zero attached hydrogens (tertiary/aromatic N) is 2. The van der Waals surface area contributed by atoms with Crippen molar-refractivity contribution in [3.63, 3.8) is 0 Å². The predicted octanol–water partition coefficient (Wildman–Crippen LogP) is 4.04. The second-order valence-electron chi connectivity index (χ2n) is 7.34. The Kier molecular flexibility index (Phi) is 7.42. The number of hydrogen-bond donors (Lipinski definition) is 2. The van der Waals surface area contributed by atoms with E-state index in [1.54, 1.807) is 29.2 Å². The van der Waals surface area contributed by atoms with Crippen LogP contribution in [0.5, 0.6) is 0 Å². The van der Waals surface area contributed by atoms with E-state index < -0.39 is 17.6 Å². The zero-order chi connectivity index (χ0) is 23.1. The van der Waals surface area contributed by atoms with E-state index in [4.69, 9.17) is 5.21 Å². The third-order valence-corrected chi connectivity index (χ3v) is 5.14. The van der Waals surface area contributed by atoms with E-state index in [0.717, 1.165) is 12.1 Å². The summed E-state index contributed by atoms with van der Waals surface area (Å²) in [6.45, 7) is 0.684. The second-order valence-corrected chi connectivity index (χ2v) is 7.34.